The Bertz CT molecular complexity index is 570. The lowest BCUT2D eigenvalue weighted by Crippen LogP contribution is -1.94. The van der Waals surface area contributed by atoms with E-state index in [4.69, 9.17) is 9.47 Å². The third-order valence-electron chi connectivity index (χ3n) is 2.50. The molecule has 2 aromatic rings. The molecule has 0 aliphatic carbocycles. The average Bonchev–Trinajstić information content (AvgIpc) is 2.36. The van der Waals surface area contributed by atoms with Crippen LogP contribution in [-0.4, -0.2) is 14.2 Å². The molecule has 0 saturated carbocycles. The molecule has 0 heterocycles. The molecule has 0 aliphatic rings. The Labute approximate surface area is 93.8 Å². The highest BCUT2D eigenvalue weighted by molar-refractivity contribution is 5.92. The summed E-state index contributed by atoms with van der Waals surface area (Å²) in [7, 11) is 3.10. The van der Waals surface area contributed by atoms with Gasteiger partial charge in [-0.1, -0.05) is 24.3 Å². The zero-order valence-electron chi connectivity index (χ0n) is 9.15. The third-order valence-corrected chi connectivity index (χ3v) is 2.50. The summed E-state index contributed by atoms with van der Waals surface area (Å²) in [4.78, 5) is 0. The molecular weight excluding hydrogens is 201 g/mol. The van der Waals surface area contributed by atoms with Gasteiger partial charge >= 0.3 is 0 Å². The fourth-order valence-electron chi connectivity index (χ4n) is 1.77. The number of fused-ring (bicyclic) bond motifs is 1. The first-order valence-corrected chi connectivity index (χ1v) is 4.85. The van der Waals surface area contributed by atoms with E-state index in [1.807, 2.05) is 30.3 Å². The van der Waals surface area contributed by atoms with Gasteiger partial charge in [-0.05, 0) is 11.5 Å². The number of hydrogen-bond acceptors (Lipinski definition) is 3. The van der Waals surface area contributed by atoms with Crippen LogP contribution < -0.4 is 9.47 Å². The predicted octanol–water partition coefficient (Wildman–Crippen LogP) is 2.73. The highest BCUT2D eigenvalue weighted by Crippen LogP contribution is 2.36. The molecule has 0 N–H and O–H groups in total. The third kappa shape index (κ3) is 1.45. The molecule has 0 amide bonds. The molecule has 0 spiro atoms. The molecule has 3 nitrogen and oxygen atoms in total. The Balaban J connectivity index is 2.89. The summed E-state index contributed by atoms with van der Waals surface area (Å²) in [6.45, 7) is 0. The lowest BCUT2D eigenvalue weighted by Gasteiger charge is -2.11. The van der Waals surface area contributed by atoms with Crippen LogP contribution in [0, 0.1) is 11.3 Å². The van der Waals surface area contributed by atoms with E-state index in [1.54, 1.807) is 7.11 Å². The van der Waals surface area contributed by atoms with Gasteiger partial charge in [-0.2, -0.15) is 5.26 Å². The summed E-state index contributed by atoms with van der Waals surface area (Å²) in [5, 5.41) is 11.0. The number of methoxy groups -OCH3 is 2. The maximum absolute atomic E-state index is 9.18. The fourth-order valence-corrected chi connectivity index (χ4v) is 1.77. The molecule has 0 atom stereocenters. The van der Waals surface area contributed by atoms with Gasteiger partial charge in [0.15, 0.2) is 11.5 Å². The van der Waals surface area contributed by atoms with E-state index in [9.17, 15) is 5.26 Å². The van der Waals surface area contributed by atoms with E-state index in [0.717, 1.165) is 10.8 Å². The molecule has 80 valence electrons. The lowest BCUT2D eigenvalue weighted by molar-refractivity contribution is 0.355. The van der Waals surface area contributed by atoms with Gasteiger partial charge in [0.2, 0.25) is 0 Å². The molecule has 0 unspecified atom stereocenters. The Hall–Kier alpha value is -2.21. The molecule has 0 radical (unpaired) electrons. The molecule has 0 bridgehead atoms. The van der Waals surface area contributed by atoms with Gasteiger partial charge in [0, 0.05) is 5.39 Å². The Morgan fingerprint density at radius 1 is 1.12 bits per heavy atom. The zero-order chi connectivity index (χ0) is 11.5. The number of nitrogens with zero attached hydrogens (tertiary/aromatic N) is 1. The molecule has 0 fully saturated rings. The topological polar surface area (TPSA) is 42.2 Å². The van der Waals surface area contributed by atoms with Gasteiger partial charge in [-0.15, -0.1) is 0 Å². The van der Waals surface area contributed by atoms with Crippen LogP contribution in [-0.2, 0) is 0 Å². The molecule has 0 aliphatic heterocycles. The SMILES string of the molecule is COc1cc2ccccc2c([11C]#N)c1OC. The number of nitriles is 1. The highest BCUT2D eigenvalue weighted by Gasteiger charge is 2.13. The molecule has 16 heavy (non-hydrogen) atoms. The van der Waals surface area contributed by atoms with E-state index in [-0.39, 0.29) is 0 Å². The number of ether oxygens (including phenoxy) is 2. The van der Waals surface area contributed by atoms with Gasteiger partial charge < -0.3 is 9.47 Å². The van der Waals surface area contributed by atoms with Gasteiger partial charge in [-0.25, -0.2) is 0 Å². The fraction of sp³-hybridized carbons (Fsp3) is 0.154. The molecule has 2 rings (SSSR count). The highest BCUT2D eigenvalue weighted by atomic mass is 16.5. The van der Waals surface area contributed by atoms with Gasteiger partial charge in [0.25, 0.3) is 0 Å². The maximum atomic E-state index is 9.18. The van der Waals surface area contributed by atoms with Crippen molar-refractivity contribution in [2.75, 3.05) is 14.2 Å². The second kappa shape index (κ2) is 4.11. The van der Waals surface area contributed by atoms with Crippen molar-refractivity contribution in [1.29, 1.82) is 5.26 Å². The van der Waals surface area contributed by atoms with E-state index < -0.39 is 0 Å². The zero-order valence-corrected chi connectivity index (χ0v) is 9.15. The predicted molar refractivity (Wildman–Crippen MR) is 61.8 cm³/mol. The van der Waals surface area contributed by atoms with Crippen molar-refractivity contribution >= 4 is 10.8 Å². The number of rotatable bonds is 2. The second-order valence-electron chi connectivity index (χ2n) is 3.32. The first kappa shape index (κ1) is 10.3. The molecule has 0 saturated heterocycles. The molecule has 2 aromatic carbocycles. The van der Waals surface area contributed by atoms with Crippen molar-refractivity contribution in [2.45, 2.75) is 0 Å². The average molecular weight is 212 g/mol. The molecular formula is C13H11NO2. The van der Waals surface area contributed by atoms with Crippen LogP contribution in [0.25, 0.3) is 10.8 Å². The first-order valence-electron chi connectivity index (χ1n) is 4.85. The van der Waals surface area contributed by atoms with Gasteiger partial charge in [0.05, 0.1) is 14.2 Å². The second-order valence-corrected chi connectivity index (χ2v) is 3.32. The Morgan fingerprint density at radius 2 is 1.88 bits per heavy atom. The number of benzene rings is 2. The van der Waals surface area contributed by atoms with E-state index in [2.05, 4.69) is 6.07 Å². The maximum Gasteiger partial charge on any atom is 0.179 e. The molecule has 0 aromatic heterocycles. The number of hydrogen-bond donors (Lipinski definition) is 0. The molecule has 3 heteroatoms. The summed E-state index contributed by atoms with van der Waals surface area (Å²) in [6, 6.07) is 11.7. The normalized spacial score (nSPS) is 9.81. The Morgan fingerprint density at radius 3 is 2.50 bits per heavy atom. The summed E-state index contributed by atoms with van der Waals surface area (Å²) in [5.74, 6) is 1.07. The van der Waals surface area contributed by atoms with Gasteiger partial charge in [0.1, 0.15) is 11.6 Å². The van der Waals surface area contributed by atoms with Crippen LogP contribution in [0.5, 0.6) is 11.5 Å². The van der Waals surface area contributed by atoms with Crippen molar-refractivity contribution in [1.82, 2.24) is 0 Å². The summed E-state index contributed by atoms with van der Waals surface area (Å²) < 4.78 is 10.4. The van der Waals surface area contributed by atoms with Crippen molar-refractivity contribution in [3.8, 4) is 17.6 Å². The van der Waals surface area contributed by atoms with Crippen molar-refractivity contribution in [3.05, 3.63) is 35.9 Å². The minimum atomic E-state index is 0.490. The quantitative estimate of drug-likeness (QED) is 0.768. The van der Waals surface area contributed by atoms with E-state index >= 15 is 0 Å². The van der Waals surface area contributed by atoms with Crippen molar-refractivity contribution in [3.63, 3.8) is 0 Å². The Kier molecular flexibility index (Phi) is 2.65. The largest absolute Gasteiger partial charge is 0.493 e. The lowest BCUT2D eigenvalue weighted by atomic mass is 9.92. The van der Waals surface area contributed by atoms with Gasteiger partial charge in [-0.3, -0.25) is 0 Å². The van der Waals surface area contributed by atoms with Crippen molar-refractivity contribution in [2.24, 2.45) is 0 Å². The first-order chi connectivity index (χ1) is 7.81. The smallest absolute Gasteiger partial charge is 0.179 e. The van der Waals surface area contributed by atoms with Crippen molar-refractivity contribution < 1.29 is 9.47 Å². The van der Waals surface area contributed by atoms with Crippen LogP contribution in [0.3, 0.4) is 0 Å². The van der Waals surface area contributed by atoms with Crippen LogP contribution in [0.1, 0.15) is 5.56 Å². The summed E-state index contributed by atoms with van der Waals surface area (Å²) >= 11 is 0. The standard InChI is InChI=1S/C13H11NO2/c1-15-12-7-9-5-3-4-6-10(9)11(8-14)13(12)16-2/h3-7H,1-2H3/i8-1. The van der Waals surface area contributed by atoms with E-state index in [1.165, 1.54) is 7.11 Å². The van der Waals surface area contributed by atoms with Crippen LogP contribution in [0.2, 0.25) is 0 Å². The van der Waals surface area contributed by atoms with Crippen LogP contribution in [0.4, 0.5) is 0 Å². The van der Waals surface area contributed by atoms with Crippen LogP contribution in [0.15, 0.2) is 30.3 Å². The summed E-state index contributed by atoms with van der Waals surface area (Å²) in [6.07, 6.45) is 0. The minimum Gasteiger partial charge on any atom is -0.493 e. The minimum absolute atomic E-state index is 0.490. The van der Waals surface area contributed by atoms with Crippen LogP contribution >= 0.6 is 0 Å². The summed E-state index contributed by atoms with van der Waals surface area (Å²) in [5.41, 5.74) is 0.512. The monoisotopic (exact) mass is 212 g/mol. The van der Waals surface area contributed by atoms with E-state index in [0.29, 0.717) is 17.1 Å².